The number of carbonyl (C=O) groups is 3. The molecule has 0 aromatic heterocycles. The molecule has 0 bridgehead atoms. The number of rotatable bonds is 10. The van der Waals surface area contributed by atoms with Crippen molar-refractivity contribution in [3.8, 4) is 11.5 Å². The van der Waals surface area contributed by atoms with E-state index in [9.17, 15) is 14.4 Å². The summed E-state index contributed by atoms with van der Waals surface area (Å²) in [5.74, 6) is -0.227. The minimum absolute atomic E-state index is 0.206. The number of amides is 2. The van der Waals surface area contributed by atoms with Crippen LogP contribution in [0.2, 0.25) is 0 Å². The van der Waals surface area contributed by atoms with Crippen LogP contribution in [0.15, 0.2) is 54.0 Å². The van der Waals surface area contributed by atoms with Crippen molar-refractivity contribution in [2.75, 3.05) is 6.61 Å². The van der Waals surface area contributed by atoms with Gasteiger partial charge in [0.1, 0.15) is 6.61 Å². The molecular formula is C26H27NO6S. The smallest absolute Gasteiger partial charge is 0.335 e. The SMILES string of the molecule is C=CCc1cc(C=C2SC(=O)N(C(C)C)C2=O)cc(OCC)c1OCc1ccc(C(=O)O)cc1. The fraction of sp³-hybridized carbons (Fsp3) is 0.269. The molecule has 1 N–H and O–H groups in total. The van der Waals surface area contributed by atoms with Crippen LogP contribution in [-0.2, 0) is 17.8 Å². The molecule has 0 atom stereocenters. The zero-order valence-electron chi connectivity index (χ0n) is 19.4. The first-order valence-electron chi connectivity index (χ1n) is 10.9. The largest absolute Gasteiger partial charge is 0.490 e. The summed E-state index contributed by atoms with van der Waals surface area (Å²) in [6.45, 7) is 9.92. The molecule has 1 fully saturated rings. The lowest BCUT2D eigenvalue weighted by atomic mass is 10.0. The van der Waals surface area contributed by atoms with Crippen molar-refractivity contribution >= 4 is 35.0 Å². The van der Waals surface area contributed by atoms with Gasteiger partial charge in [-0.3, -0.25) is 14.5 Å². The van der Waals surface area contributed by atoms with Crippen LogP contribution in [0, 0.1) is 0 Å². The Morgan fingerprint density at radius 1 is 1.18 bits per heavy atom. The lowest BCUT2D eigenvalue weighted by Crippen LogP contribution is -2.34. The molecular weight excluding hydrogens is 454 g/mol. The highest BCUT2D eigenvalue weighted by molar-refractivity contribution is 8.18. The second kappa shape index (κ2) is 11.1. The van der Waals surface area contributed by atoms with Crippen molar-refractivity contribution in [2.24, 2.45) is 0 Å². The van der Waals surface area contributed by atoms with Crippen LogP contribution in [0.25, 0.3) is 6.08 Å². The Morgan fingerprint density at radius 2 is 1.88 bits per heavy atom. The molecule has 1 aliphatic rings. The molecule has 1 saturated heterocycles. The zero-order chi connectivity index (χ0) is 24.8. The first-order chi connectivity index (χ1) is 16.2. The fourth-order valence-electron chi connectivity index (χ4n) is 3.48. The van der Waals surface area contributed by atoms with Crippen molar-refractivity contribution in [1.82, 2.24) is 4.90 Å². The van der Waals surface area contributed by atoms with Gasteiger partial charge >= 0.3 is 5.97 Å². The van der Waals surface area contributed by atoms with E-state index in [-0.39, 0.29) is 29.4 Å². The Bertz CT molecular complexity index is 1140. The van der Waals surface area contributed by atoms with E-state index in [1.54, 1.807) is 44.2 Å². The van der Waals surface area contributed by atoms with E-state index >= 15 is 0 Å². The number of imide groups is 1. The number of ether oxygens (including phenoxy) is 2. The maximum absolute atomic E-state index is 12.7. The lowest BCUT2D eigenvalue weighted by Gasteiger charge is -2.17. The Labute approximate surface area is 203 Å². The molecule has 2 aromatic carbocycles. The van der Waals surface area contributed by atoms with Crippen LogP contribution in [0.4, 0.5) is 4.79 Å². The van der Waals surface area contributed by atoms with Gasteiger partial charge in [-0.05, 0) is 80.4 Å². The zero-order valence-corrected chi connectivity index (χ0v) is 20.2. The summed E-state index contributed by atoms with van der Waals surface area (Å²) >= 11 is 0.923. The third-order valence-electron chi connectivity index (χ3n) is 5.04. The number of carboxylic acids is 1. The first-order valence-corrected chi connectivity index (χ1v) is 11.7. The van der Waals surface area contributed by atoms with Crippen molar-refractivity contribution in [3.05, 3.63) is 76.2 Å². The molecule has 0 unspecified atom stereocenters. The maximum atomic E-state index is 12.7. The number of carboxylic acid groups (broad SMARTS) is 1. The molecule has 2 aromatic rings. The van der Waals surface area contributed by atoms with Gasteiger partial charge in [-0.25, -0.2) is 4.79 Å². The summed E-state index contributed by atoms with van der Waals surface area (Å²) in [6.07, 6.45) is 3.94. The second-order valence-corrected chi connectivity index (χ2v) is 8.86. The molecule has 0 spiro atoms. The number of nitrogens with zero attached hydrogens (tertiary/aromatic N) is 1. The maximum Gasteiger partial charge on any atom is 0.335 e. The Hall–Kier alpha value is -3.52. The van der Waals surface area contributed by atoms with E-state index in [1.165, 1.54) is 17.0 Å². The average molecular weight is 482 g/mol. The minimum Gasteiger partial charge on any atom is -0.490 e. The summed E-state index contributed by atoms with van der Waals surface area (Å²) in [6, 6.07) is 9.92. The van der Waals surface area contributed by atoms with E-state index in [1.807, 2.05) is 13.0 Å². The molecule has 34 heavy (non-hydrogen) atoms. The number of carbonyl (C=O) groups excluding carboxylic acids is 2. The molecule has 3 rings (SSSR count). The number of hydrogen-bond donors (Lipinski definition) is 1. The van der Waals surface area contributed by atoms with E-state index in [4.69, 9.17) is 14.6 Å². The fourth-order valence-corrected chi connectivity index (χ4v) is 4.44. The highest BCUT2D eigenvalue weighted by Crippen LogP contribution is 2.38. The van der Waals surface area contributed by atoms with Crippen LogP contribution in [0.5, 0.6) is 11.5 Å². The van der Waals surface area contributed by atoms with Gasteiger partial charge in [0.15, 0.2) is 11.5 Å². The summed E-state index contributed by atoms with van der Waals surface area (Å²) < 4.78 is 11.9. The highest BCUT2D eigenvalue weighted by atomic mass is 32.2. The first kappa shape index (κ1) is 25.1. The van der Waals surface area contributed by atoms with Gasteiger partial charge < -0.3 is 14.6 Å². The Morgan fingerprint density at radius 3 is 2.44 bits per heavy atom. The standard InChI is InChI=1S/C26H27NO6S/c1-5-7-20-12-18(14-22-24(28)27(16(3)4)26(31)34-22)13-21(32-6-2)23(20)33-15-17-8-10-19(11-9-17)25(29)30/h5,8-14,16H,1,6-7,15H2,2-4H3,(H,29,30). The molecule has 7 nitrogen and oxygen atoms in total. The third-order valence-corrected chi connectivity index (χ3v) is 5.92. The lowest BCUT2D eigenvalue weighted by molar-refractivity contribution is -0.123. The predicted molar refractivity (Wildman–Crippen MR) is 132 cm³/mol. The van der Waals surface area contributed by atoms with Crippen molar-refractivity contribution in [1.29, 1.82) is 0 Å². The normalized spacial score (nSPS) is 14.7. The number of allylic oxidation sites excluding steroid dienone is 1. The van der Waals surface area contributed by atoms with Crippen LogP contribution < -0.4 is 9.47 Å². The van der Waals surface area contributed by atoms with Gasteiger partial charge in [0.25, 0.3) is 11.1 Å². The Kier molecular flexibility index (Phi) is 8.17. The van der Waals surface area contributed by atoms with Crippen molar-refractivity contribution in [3.63, 3.8) is 0 Å². The van der Waals surface area contributed by atoms with Crippen LogP contribution in [0.3, 0.4) is 0 Å². The molecule has 0 radical (unpaired) electrons. The minimum atomic E-state index is -0.985. The van der Waals surface area contributed by atoms with E-state index in [2.05, 4.69) is 6.58 Å². The molecule has 0 aliphatic carbocycles. The van der Waals surface area contributed by atoms with Gasteiger partial charge in [0.2, 0.25) is 0 Å². The summed E-state index contributed by atoms with van der Waals surface area (Å²) in [5, 5.41) is 8.79. The van der Waals surface area contributed by atoms with E-state index in [0.29, 0.717) is 35.0 Å². The molecule has 2 amide bonds. The number of thioether (sulfide) groups is 1. The number of aromatic carboxylic acids is 1. The average Bonchev–Trinajstić information content (AvgIpc) is 3.06. The van der Waals surface area contributed by atoms with Crippen molar-refractivity contribution in [2.45, 2.75) is 39.8 Å². The highest BCUT2D eigenvalue weighted by Gasteiger charge is 2.36. The van der Waals surface area contributed by atoms with Gasteiger partial charge in [0, 0.05) is 11.6 Å². The number of benzene rings is 2. The third kappa shape index (κ3) is 5.69. The van der Waals surface area contributed by atoms with Crippen molar-refractivity contribution < 1.29 is 29.0 Å². The topological polar surface area (TPSA) is 93.1 Å². The summed E-state index contributed by atoms with van der Waals surface area (Å²) in [5.41, 5.74) is 2.55. The molecule has 178 valence electrons. The van der Waals surface area contributed by atoms with Crippen LogP contribution >= 0.6 is 11.8 Å². The van der Waals surface area contributed by atoms with Crippen LogP contribution in [-0.4, -0.2) is 39.8 Å². The van der Waals surface area contributed by atoms with Gasteiger partial charge in [-0.15, -0.1) is 6.58 Å². The second-order valence-electron chi connectivity index (χ2n) is 7.87. The monoisotopic (exact) mass is 481 g/mol. The van der Waals surface area contributed by atoms with Gasteiger partial charge in [0.05, 0.1) is 17.1 Å². The molecule has 0 saturated carbocycles. The van der Waals surface area contributed by atoms with E-state index < -0.39 is 5.97 Å². The number of hydrogen-bond acceptors (Lipinski definition) is 6. The predicted octanol–water partition coefficient (Wildman–Crippen LogP) is 5.54. The molecule has 1 heterocycles. The summed E-state index contributed by atoms with van der Waals surface area (Å²) in [4.78, 5) is 37.6. The van der Waals surface area contributed by atoms with Gasteiger partial charge in [-0.2, -0.15) is 0 Å². The van der Waals surface area contributed by atoms with E-state index in [0.717, 1.165) is 22.9 Å². The van der Waals surface area contributed by atoms with Gasteiger partial charge in [-0.1, -0.05) is 18.2 Å². The quantitative estimate of drug-likeness (QED) is 0.352. The summed E-state index contributed by atoms with van der Waals surface area (Å²) in [7, 11) is 0. The Balaban J connectivity index is 1.93. The molecule has 1 aliphatic heterocycles. The van der Waals surface area contributed by atoms with Crippen LogP contribution in [0.1, 0.15) is 47.8 Å². The molecule has 8 heteroatoms.